The number of hydrogen-bond donors (Lipinski definition) is 0. The molecule has 0 spiro atoms. The Morgan fingerprint density at radius 2 is 1.94 bits per heavy atom. The van der Waals surface area contributed by atoms with Crippen LogP contribution in [-0.4, -0.2) is 0 Å². The summed E-state index contributed by atoms with van der Waals surface area (Å²) in [4.78, 5) is 0. The Bertz CT molecular complexity index is 540. The van der Waals surface area contributed by atoms with Crippen LogP contribution in [0.4, 0.5) is 4.39 Å². The number of aryl methyl sites for hydroxylation is 1. The van der Waals surface area contributed by atoms with Crippen molar-refractivity contribution < 1.29 is 4.39 Å². The van der Waals surface area contributed by atoms with E-state index in [4.69, 9.17) is 0 Å². The van der Waals surface area contributed by atoms with Crippen LogP contribution in [-0.2, 0) is 11.5 Å². The topological polar surface area (TPSA) is 0 Å². The second-order valence-corrected chi connectivity index (χ2v) is 6.12. The average Bonchev–Trinajstić information content (AvgIpc) is 2.32. The normalized spacial score (nSPS) is 10.6. The maximum Gasteiger partial charge on any atom is 0.128 e. The number of halogens is 2. The quantitative estimate of drug-likeness (QED) is 0.732. The SMILES string of the molecule is Cc1cccc(CSCc2ccc(Br)cc2F)c1. The molecule has 2 aromatic carbocycles. The minimum absolute atomic E-state index is 0.138. The Hall–Kier alpha value is -0.800. The molecule has 0 atom stereocenters. The molecule has 0 aliphatic rings. The van der Waals surface area contributed by atoms with Gasteiger partial charge in [-0.15, -0.1) is 0 Å². The van der Waals surface area contributed by atoms with Crippen LogP contribution in [0.5, 0.6) is 0 Å². The second kappa shape index (κ2) is 6.39. The monoisotopic (exact) mass is 324 g/mol. The smallest absolute Gasteiger partial charge is 0.128 e. The van der Waals surface area contributed by atoms with Gasteiger partial charge in [0.25, 0.3) is 0 Å². The van der Waals surface area contributed by atoms with E-state index in [9.17, 15) is 4.39 Å². The molecule has 0 radical (unpaired) electrons. The molecule has 0 saturated heterocycles. The molecule has 0 bridgehead atoms. The fourth-order valence-corrected chi connectivity index (χ4v) is 3.02. The summed E-state index contributed by atoms with van der Waals surface area (Å²) in [7, 11) is 0. The first-order chi connectivity index (χ1) is 8.65. The molecule has 0 unspecified atom stereocenters. The number of thioether (sulfide) groups is 1. The van der Waals surface area contributed by atoms with Crippen molar-refractivity contribution in [3.8, 4) is 0 Å². The predicted octanol–water partition coefficient (Wildman–Crippen LogP) is 5.33. The Morgan fingerprint density at radius 3 is 2.67 bits per heavy atom. The van der Waals surface area contributed by atoms with E-state index >= 15 is 0 Å². The summed E-state index contributed by atoms with van der Waals surface area (Å²) in [5.41, 5.74) is 3.32. The molecule has 94 valence electrons. The van der Waals surface area contributed by atoms with Gasteiger partial charge in [-0.3, -0.25) is 0 Å². The molecule has 0 fully saturated rings. The zero-order valence-corrected chi connectivity index (χ0v) is 12.5. The first kappa shape index (κ1) is 13.6. The lowest BCUT2D eigenvalue weighted by Gasteiger charge is -2.05. The van der Waals surface area contributed by atoms with Crippen molar-refractivity contribution in [3.63, 3.8) is 0 Å². The maximum absolute atomic E-state index is 13.6. The standard InChI is InChI=1S/C15H14BrFS/c1-11-3-2-4-12(7-11)9-18-10-13-5-6-14(16)8-15(13)17/h2-8H,9-10H2,1H3. The molecule has 18 heavy (non-hydrogen) atoms. The van der Waals surface area contributed by atoms with Crippen LogP contribution in [0.15, 0.2) is 46.9 Å². The summed E-state index contributed by atoms with van der Waals surface area (Å²) in [6, 6.07) is 13.7. The number of rotatable bonds is 4. The van der Waals surface area contributed by atoms with Crippen molar-refractivity contribution >= 4 is 27.7 Å². The van der Waals surface area contributed by atoms with Crippen LogP contribution in [0, 0.1) is 12.7 Å². The average molecular weight is 325 g/mol. The van der Waals surface area contributed by atoms with Crippen molar-refractivity contribution in [2.24, 2.45) is 0 Å². The largest absolute Gasteiger partial charge is 0.207 e. The Labute approximate surface area is 120 Å². The van der Waals surface area contributed by atoms with Gasteiger partial charge in [0, 0.05) is 16.0 Å². The van der Waals surface area contributed by atoms with Crippen molar-refractivity contribution in [1.82, 2.24) is 0 Å². The van der Waals surface area contributed by atoms with E-state index in [0.29, 0.717) is 5.75 Å². The van der Waals surface area contributed by atoms with Gasteiger partial charge in [-0.2, -0.15) is 11.8 Å². The highest BCUT2D eigenvalue weighted by atomic mass is 79.9. The molecule has 0 aliphatic carbocycles. The molecule has 3 heteroatoms. The Balaban J connectivity index is 1.92. The molecular formula is C15H14BrFS. The van der Waals surface area contributed by atoms with Crippen LogP contribution in [0.3, 0.4) is 0 Å². The summed E-state index contributed by atoms with van der Waals surface area (Å²) >= 11 is 5.00. The van der Waals surface area contributed by atoms with E-state index in [-0.39, 0.29) is 5.82 Å². The van der Waals surface area contributed by atoms with Crippen molar-refractivity contribution in [3.05, 3.63) is 69.4 Å². The van der Waals surface area contributed by atoms with Gasteiger partial charge in [0.15, 0.2) is 0 Å². The summed E-state index contributed by atoms with van der Waals surface area (Å²) in [6.45, 7) is 2.09. The van der Waals surface area contributed by atoms with Crippen molar-refractivity contribution in [1.29, 1.82) is 0 Å². The predicted molar refractivity (Wildman–Crippen MR) is 80.3 cm³/mol. The number of hydrogen-bond acceptors (Lipinski definition) is 1. The minimum Gasteiger partial charge on any atom is -0.207 e. The fraction of sp³-hybridized carbons (Fsp3) is 0.200. The summed E-state index contributed by atoms with van der Waals surface area (Å²) in [5, 5.41) is 0. The first-order valence-electron chi connectivity index (χ1n) is 5.72. The van der Waals surface area contributed by atoms with E-state index in [1.165, 1.54) is 17.2 Å². The molecule has 0 saturated carbocycles. The van der Waals surface area contributed by atoms with E-state index in [2.05, 4.69) is 47.1 Å². The highest BCUT2D eigenvalue weighted by Gasteiger charge is 2.03. The first-order valence-corrected chi connectivity index (χ1v) is 7.67. The number of benzene rings is 2. The van der Waals surface area contributed by atoms with Gasteiger partial charge in [-0.05, 0) is 30.2 Å². The summed E-state index contributed by atoms with van der Waals surface area (Å²) in [6.07, 6.45) is 0. The van der Waals surface area contributed by atoms with Gasteiger partial charge in [-0.25, -0.2) is 4.39 Å². The summed E-state index contributed by atoms with van der Waals surface area (Å²) < 4.78 is 14.4. The highest BCUT2D eigenvalue weighted by molar-refractivity contribution is 9.10. The van der Waals surface area contributed by atoms with Crippen LogP contribution in [0.1, 0.15) is 16.7 Å². The maximum atomic E-state index is 13.6. The Kier molecular flexibility index (Phi) is 4.84. The Morgan fingerprint density at radius 1 is 1.11 bits per heavy atom. The van der Waals surface area contributed by atoms with Crippen molar-refractivity contribution in [2.45, 2.75) is 18.4 Å². The van der Waals surface area contributed by atoms with E-state index < -0.39 is 0 Å². The third-order valence-corrected chi connectivity index (χ3v) is 4.17. The van der Waals surface area contributed by atoms with Gasteiger partial charge in [0.2, 0.25) is 0 Å². The molecule has 2 aromatic rings. The van der Waals surface area contributed by atoms with E-state index in [1.54, 1.807) is 11.8 Å². The zero-order valence-electron chi connectivity index (χ0n) is 10.1. The second-order valence-electron chi connectivity index (χ2n) is 4.22. The molecule has 0 heterocycles. The van der Waals surface area contributed by atoms with Crippen LogP contribution in [0.2, 0.25) is 0 Å². The molecule has 2 rings (SSSR count). The van der Waals surface area contributed by atoms with Gasteiger partial charge in [-0.1, -0.05) is 51.8 Å². The zero-order chi connectivity index (χ0) is 13.0. The van der Waals surface area contributed by atoms with Gasteiger partial charge >= 0.3 is 0 Å². The lowest BCUT2D eigenvalue weighted by molar-refractivity contribution is 0.616. The molecule has 0 amide bonds. The van der Waals surface area contributed by atoms with Gasteiger partial charge < -0.3 is 0 Å². The third-order valence-electron chi connectivity index (χ3n) is 2.62. The van der Waals surface area contributed by atoms with E-state index in [1.807, 2.05) is 12.1 Å². The van der Waals surface area contributed by atoms with Crippen LogP contribution >= 0.6 is 27.7 Å². The van der Waals surface area contributed by atoms with Crippen LogP contribution in [0.25, 0.3) is 0 Å². The molecule has 0 N–H and O–H groups in total. The fourth-order valence-electron chi connectivity index (χ4n) is 1.72. The molecule has 0 nitrogen and oxygen atoms in total. The third kappa shape index (κ3) is 3.85. The van der Waals surface area contributed by atoms with Gasteiger partial charge in [0.1, 0.15) is 5.82 Å². The highest BCUT2D eigenvalue weighted by Crippen LogP contribution is 2.22. The molecule has 0 aromatic heterocycles. The lowest BCUT2D eigenvalue weighted by atomic mass is 10.2. The van der Waals surface area contributed by atoms with E-state index in [0.717, 1.165) is 15.8 Å². The lowest BCUT2D eigenvalue weighted by Crippen LogP contribution is -1.89. The van der Waals surface area contributed by atoms with Crippen molar-refractivity contribution in [2.75, 3.05) is 0 Å². The molecular weight excluding hydrogens is 311 g/mol. The molecule has 0 aliphatic heterocycles. The minimum atomic E-state index is -0.138. The van der Waals surface area contributed by atoms with Crippen LogP contribution < -0.4 is 0 Å². The summed E-state index contributed by atoms with van der Waals surface area (Å²) in [5.74, 6) is 1.48. The van der Waals surface area contributed by atoms with Gasteiger partial charge in [0.05, 0.1) is 0 Å².